The maximum atomic E-state index is 10.0. The van der Waals surface area contributed by atoms with Gasteiger partial charge in [-0.15, -0.1) is 0 Å². The highest BCUT2D eigenvalue weighted by atomic mass is 35.5. The number of hydrogen-bond donors (Lipinski definition) is 3. The van der Waals surface area contributed by atoms with Gasteiger partial charge in [-0.1, -0.05) is 60.1 Å². The molecule has 0 bridgehead atoms. The maximum Gasteiger partial charge on any atom is 0.126 e. The second-order valence-corrected chi connectivity index (χ2v) is 7.00. The fourth-order valence-electron chi connectivity index (χ4n) is 2.96. The molecule has 3 rings (SSSR count). The highest BCUT2D eigenvalue weighted by Gasteiger charge is 2.07. The third-order valence-corrected chi connectivity index (χ3v) is 4.64. The number of benzene rings is 3. The zero-order valence-electron chi connectivity index (χ0n) is 15.3. The van der Waals surface area contributed by atoms with Crippen molar-refractivity contribution >= 4 is 28.1 Å². The Balaban J connectivity index is 1.31. The van der Waals surface area contributed by atoms with Crippen molar-refractivity contribution in [3.63, 3.8) is 0 Å². The van der Waals surface area contributed by atoms with Gasteiger partial charge in [0.2, 0.25) is 0 Å². The van der Waals surface area contributed by atoms with Crippen LogP contribution in [-0.2, 0) is 11.3 Å². The Bertz CT molecular complexity index is 834. The molecular formula is C22H26ClN2O2+. The van der Waals surface area contributed by atoms with Crippen LogP contribution >= 0.6 is 11.6 Å². The molecule has 0 unspecified atom stereocenters. The third-order valence-electron chi connectivity index (χ3n) is 4.38. The van der Waals surface area contributed by atoms with Crippen molar-refractivity contribution in [2.45, 2.75) is 12.7 Å². The van der Waals surface area contributed by atoms with Gasteiger partial charge in [0.15, 0.2) is 0 Å². The van der Waals surface area contributed by atoms with Crippen LogP contribution < -0.4 is 10.6 Å². The van der Waals surface area contributed by atoms with Crippen LogP contribution in [0.5, 0.6) is 0 Å². The summed E-state index contributed by atoms with van der Waals surface area (Å²) < 4.78 is 5.57. The summed E-state index contributed by atoms with van der Waals surface area (Å²) in [4.78, 5) is 0. The Kier molecular flexibility index (Phi) is 7.48. The second kappa shape index (κ2) is 10.3. The molecule has 0 fully saturated rings. The van der Waals surface area contributed by atoms with Crippen molar-refractivity contribution in [2.75, 3.05) is 31.6 Å². The molecular weight excluding hydrogens is 360 g/mol. The highest BCUT2D eigenvalue weighted by molar-refractivity contribution is 6.30. The van der Waals surface area contributed by atoms with E-state index in [1.54, 1.807) is 0 Å². The molecule has 4 N–H and O–H groups in total. The molecule has 0 aromatic heterocycles. The SMILES string of the molecule is O[C@H](C[NH2+]CCNc1cccc2ccccc12)COCc1ccc(Cl)cc1. The molecule has 0 aliphatic rings. The molecule has 0 heterocycles. The van der Waals surface area contributed by atoms with Crippen molar-refractivity contribution in [2.24, 2.45) is 0 Å². The van der Waals surface area contributed by atoms with Crippen molar-refractivity contribution in [1.82, 2.24) is 0 Å². The normalized spacial score (nSPS) is 12.2. The Morgan fingerprint density at radius 1 is 1.00 bits per heavy atom. The molecule has 0 radical (unpaired) electrons. The van der Waals surface area contributed by atoms with Crippen LogP contribution in [-0.4, -0.2) is 37.5 Å². The monoisotopic (exact) mass is 385 g/mol. The lowest BCUT2D eigenvalue weighted by Gasteiger charge is -2.12. The molecule has 4 nitrogen and oxygen atoms in total. The van der Waals surface area contributed by atoms with Crippen LogP contribution in [0.3, 0.4) is 0 Å². The smallest absolute Gasteiger partial charge is 0.126 e. The first kappa shape index (κ1) is 19.6. The van der Waals surface area contributed by atoms with E-state index in [0.29, 0.717) is 24.8 Å². The predicted octanol–water partition coefficient (Wildman–Crippen LogP) is 3.05. The summed E-state index contributed by atoms with van der Waals surface area (Å²) in [7, 11) is 0. The topological polar surface area (TPSA) is 58.1 Å². The number of nitrogens with two attached hydrogens (primary N) is 1. The van der Waals surface area contributed by atoms with Crippen LogP contribution in [0.4, 0.5) is 5.69 Å². The number of fused-ring (bicyclic) bond motifs is 1. The lowest BCUT2D eigenvalue weighted by Crippen LogP contribution is -2.87. The van der Waals surface area contributed by atoms with E-state index in [1.807, 2.05) is 24.3 Å². The fourth-order valence-corrected chi connectivity index (χ4v) is 3.09. The van der Waals surface area contributed by atoms with E-state index in [1.165, 1.54) is 10.8 Å². The molecule has 0 saturated carbocycles. The van der Waals surface area contributed by atoms with Crippen LogP contribution in [0, 0.1) is 0 Å². The van der Waals surface area contributed by atoms with Gasteiger partial charge in [-0.2, -0.15) is 0 Å². The van der Waals surface area contributed by atoms with Crippen LogP contribution in [0.1, 0.15) is 5.56 Å². The number of rotatable bonds is 10. The summed E-state index contributed by atoms with van der Waals surface area (Å²) in [6, 6.07) is 22.2. The zero-order valence-corrected chi connectivity index (χ0v) is 16.0. The zero-order chi connectivity index (χ0) is 18.9. The second-order valence-electron chi connectivity index (χ2n) is 6.56. The van der Waals surface area contributed by atoms with Crippen LogP contribution in [0.2, 0.25) is 5.02 Å². The van der Waals surface area contributed by atoms with Gasteiger partial charge in [-0.25, -0.2) is 0 Å². The molecule has 0 aliphatic heterocycles. The maximum absolute atomic E-state index is 10.0. The van der Waals surface area contributed by atoms with Crippen molar-refractivity contribution < 1.29 is 15.2 Å². The molecule has 5 heteroatoms. The number of halogens is 1. The molecule has 142 valence electrons. The van der Waals surface area contributed by atoms with E-state index in [2.05, 4.69) is 53.1 Å². The van der Waals surface area contributed by atoms with E-state index in [-0.39, 0.29) is 0 Å². The number of ether oxygens (including phenoxy) is 1. The van der Waals surface area contributed by atoms with Gasteiger partial charge in [0, 0.05) is 16.1 Å². The summed E-state index contributed by atoms with van der Waals surface area (Å²) >= 11 is 5.86. The summed E-state index contributed by atoms with van der Waals surface area (Å²) in [5.41, 5.74) is 2.20. The van der Waals surface area contributed by atoms with Crippen molar-refractivity contribution in [3.8, 4) is 0 Å². The van der Waals surface area contributed by atoms with Crippen molar-refractivity contribution in [3.05, 3.63) is 77.3 Å². The average molecular weight is 386 g/mol. The molecule has 3 aromatic carbocycles. The number of aliphatic hydroxyl groups excluding tert-OH is 1. The predicted molar refractivity (Wildman–Crippen MR) is 111 cm³/mol. The van der Waals surface area contributed by atoms with Gasteiger partial charge < -0.3 is 20.5 Å². The van der Waals surface area contributed by atoms with Crippen LogP contribution in [0.15, 0.2) is 66.7 Å². The quantitative estimate of drug-likeness (QED) is 0.470. The Morgan fingerprint density at radius 3 is 2.63 bits per heavy atom. The van der Waals surface area contributed by atoms with Gasteiger partial charge in [-0.3, -0.25) is 0 Å². The fraction of sp³-hybridized carbons (Fsp3) is 0.273. The van der Waals surface area contributed by atoms with E-state index < -0.39 is 6.10 Å². The highest BCUT2D eigenvalue weighted by Crippen LogP contribution is 2.22. The van der Waals surface area contributed by atoms with Gasteiger partial charge in [0.25, 0.3) is 0 Å². The summed E-state index contributed by atoms with van der Waals surface area (Å²) in [5, 5.41) is 18.8. The molecule has 27 heavy (non-hydrogen) atoms. The van der Waals surface area contributed by atoms with E-state index >= 15 is 0 Å². The summed E-state index contributed by atoms with van der Waals surface area (Å²) in [6.07, 6.45) is -0.477. The van der Waals surface area contributed by atoms with E-state index in [4.69, 9.17) is 16.3 Å². The number of nitrogens with one attached hydrogen (secondary N) is 1. The third kappa shape index (κ3) is 6.22. The first-order chi connectivity index (χ1) is 13.2. The Morgan fingerprint density at radius 2 is 1.78 bits per heavy atom. The minimum absolute atomic E-state index is 0.329. The number of aliphatic hydroxyl groups is 1. The number of hydrogen-bond acceptors (Lipinski definition) is 3. The Labute approximate surface area is 165 Å². The largest absolute Gasteiger partial charge is 0.385 e. The van der Waals surface area contributed by atoms with Gasteiger partial charge in [0.05, 0.1) is 26.3 Å². The summed E-state index contributed by atoms with van der Waals surface area (Å²) in [5.74, 6) is 0. The lowest BCUT2D eigenvalue weighted by atomic mass is 10.1. The first-order valence-electron chi connectivity index (χ1n) is 9.26. The molecule has 0 aliphatic carbocycles. The standard InChI is InChI=1S/C22H25ClN2O2/c23-19-10-8-17(9-11-19)15-27-16-20(26)14-24-12-13-25-22-7-3-5-18-4-1-2-6-21(18)22/h1-11,20,24-26H,12-16H2/p+1/t20-/m1/s1. The van der Waals surface area contributed by atoms with E-state index in [0.717, 1.165) is 24.3 Å². The molecule has 0 amide bonds. The van der Waals surface area contributed by atoms with Gasteiger partial charge in [-0.05, 0) is 29.1 Å². The minimum atomic E-state index is -0.477. The molecule has 0 saturated heterocycles. The molecule has 0 spiro atoms. The molecule has 3 aromatic rings. The number of anilines is 1. The molecule has 1 atom stereocenters. The number of quaternary nitrogens is 1. The first-order valence-corrected chi connectivity index (χ1v) is 9.64. The average Bonchev–Trinajstić information content (AvgIpc) is 2.69. The van der Waals surface area contributed by atoms with Gasteiger partial charge >= 0.3 is 0 Å². The van der Waals surface area contributed by atoms with Crippen molar-refractivity contribution in [1.29, 1.82) is 0 Å². The van der Waals surface area contributed by atoms with Gasteiger partial charge in [0.1, 0.15) is 12.6 Å². The lowest BCUT2D eigenvalue weighted by molar-refractivity contribution is -0.658. The minimum Gasteiger partial charge on any atom is -0.385 e. The summed E-state index contributed by atoms with van der Waals surface area (Å²) in [6.45, 7) is 3.16. The van der Waals surface area contributed by atoms with Crippen LogP contribution in [0.25, 0.3) is 10.8 Å². The van der Waals surface area contributed by atoms with E-state index in [9.17, 15) is 5.11 Å². The Hall–Kier alpha value is -2.11.